The van der Waals surface area contributed by atoms with Gasteiger partial charge in [-0.15, -0.1) is 0 Å². The van der Waals surface area contributed by atoms with Crippen LogP contribution in [0.4, 0.5) is 0 Å². The highest BCUT2D eigenvalue weighted by Gasteiger charge is 2.24. The topological polar surface area (TPSA) is 50.1 Å². The standard InChI is InChI=1S/C29H21NO2/c30-21-26(23-10-4-1-5-11-23)20-22-16-18-27(19-17-22)32-29(31)28(24-12-6-2-7-13-24)25-14-8-3-9-15-25/h1-20,28H/b26-20-. The second kappa shape index (κ2) is 10.1. The van der Waals surface area contributed by atoms with Gasteiger partial charge in [-0.3, -0.25) is 4.79 Å². The molecule has 0 aliphatic heterocycles. The molecule has 0 aliphatic rings. The lowest BCUT2D eigenvalue weighted by Gasteiger charge is -2.17. The van der Waals surface area contributed by atoms with Gasteiger partial charge in [-0.25, -0.2) is 0 Å². The van der Waals surface area contributed by atoms with Crippen molar-refractivity contribution in [2.75, 3.05) is 0 Å². The largest absolute Gasteiger partial charge is 0.426 e. The highest BCUT2D eigenvalue weighted by molar-refractivity contribution is 5.89. The maximum Gasteiger partial charge on any atom is 0.323 e. The van der Waals surface area contributed by atoms with Crippen LogP contribution in [0.15, 0.2) is 115 Å². The zero-order chi connectivity index (χ0) is 22.2. The van der Waals surface area contributed by atoms with Crippen LogP contribution in [-0.2, 0) is 4.79 Å². The molecule has 0 N–H and O–H groups in total. The Morgan fingerprint density at radius 3 is 1.72 bits per heavy atom. The number of rotatable bonds is 6. The predicted octanol–water partition coefficient (Wildman–Crippen LogP) is 6.49. The second-order valence-corrected chi connectivity index (χ2v) is 7.28. The molecule has 154 valence electrons. The number of carbonyl (C=O) groups is 1. The van der Waals surface area contributed by atoms with Crippen molar-refractivity contribution in [3.63, 3.8) is 0 Å². The molecule has 0 unspecified atom stereocenters. The third-order valence-corrected chi connectivity index (χ3v) is 5.12. The number of hydrogen-bond donors (Lipinski definition) is 0. The summed E-state index contributed by atoms with van der Waals surface area (Å²) in [6.07, 6.45) is 1.82. The van der Waals surface area contributed by atoms with Crippen LogP contribution in [0.1, 0.15) is 28.2 Å². The Labute approximate surface area is 187 Å². The molecule has 0 fully saturated rings. The predicted molar refractivity (Wildman–Crippen MR) is 127 cm³/mol. The van der Waals surface area contributed by atoms with Crippen LogP contribution in [-0.4, -0.2) is 5.97 Å². The van der Waals surface area contributed by atoms with Crippen molar-refractivity contribution < 1.29 is 9.53 Å². The fourth-order valence-corrected chi connectivity index (χ4v) is 3.53. The molecule has 4 rings (SSSR count). The first-order valence-corrected chi connectivity index (χ1v) is 10.3. The third-order valence-electron chi connectivity index (χ3n) is 5.12. The van der Waals surface area contributed by atoms with Crippen molar-refractivity contribution in [2.24, 2.45) is 0 Å². The van der Waals surface area contributed by atoms with E-state index in [9.17, 15) is 10.1 Å². The first kappa shape index (κ1) is 20.8. The van der Waals surface area contributed by atoms with E-state index in [1.165, 1.54) is 0 Å². The Morgan fingerprint density at radius 2 is 1.22 bits per heavy atom. The third kappa shape index (κ3) is 5.00. The number of benzene rings is 4. The molecule has 4 aromatic carbocycles. The Bertz CT molecular complexity index is 1200. The van der Waals surface area contributed by atoms with E-state index in [0.717, 1.165) is 22.3 Å². The molecule has 32 heavy (non-hydrogen) atoms. The highest BCUT2D eigenvalue weighted by atomic mass is 16.5. The Morgan fingerprint density at radius 1 is 0.719 bits per heavy atom. The van der Waals surface area contributed by atoms with E-state index < -0.39 is 5.92 Å². The first-order valence-electron chi connectivity index (χ1n) is 10.3. The van der Waals surface area contributed by atoms with Crippen molar-refractivity contribution in [1.82, 2.24) is 0 Å². The van der Waals surface area contributed by atoms with Gasteiger partial charge in [-0.05, 0) is 40.5 Å². The van der Waals surface area contributed by atoms with E-state index in [1.54, 1.807) is 12.1 Å². The molecule has 3 heteroatoms. The van der Waals surface area contributed by atoms with Crippen LogP contribution in [0, 0.1) is 11.3 Å². The van der Waals surface area contributed by atoms with Gasteiger partial charge in [0.1, 0.15) is 11.7 Å². The van der Waals surface area contributed by atoms with Crippen LogP contribution in [0.2, 0.25) is 0 Å². The van der Waals surface area contributed by atoms with Gasteiger partial charge in [0, 0.05) is 0 Å². The van der Waals surface area contributed by atoms with E-state index in [1.807, 2.05) is 109 Å². The minimum atomic E-state index is -0.514. The Balaban J connectivity index is 1.55. The molecule has 0 aliphatic carbocycles. The summed E-state index contributed by atoms with van der Waals surface area (Å²) in [7, 11) is 0. The normalized spacial score (nSPS) is 11.1. The highest BCUT2D eigenvalue weighted by Crippen LogP contribution is 2.27. The lowest BCUT2D eigenvalue weighted by atomic mass is 9.91. The SMILES string of the molecule is N#C/C(=C/c1ccc(OC(=O)C(c2ccccc2)c2ccccc2)cc1)c1ccccc1. The summed E-state index contributed by atoms with van der Waals surface area (Å²) in [6.45, 7) is 0. The maximum atomic E-state index is 13.1. The average molecular weight is 415 g/mol. The molecule has 0 saturated heterocycles. The van der Waals surface area contributed by atoms with Gasteiger partial charge in [0.05, 0.1) is 11.6 Å². The number of esters is 1. The molecule has 3 nitrogen and oxygen atoms in total. The molecule has 0 aromatic heterocycles. The summed E-state index contributed by atoms with van der Waals surface area (Å²) in [5, 5.41) is 9.50. The maximum absolute atomic E-state index is 13.1. The van der Waals surface area contributed by atoms with Crippen molar-refractivity contribution in [3.8, 4) is 11.8 Å². The lowest BCUT2D eigenvalue weighted by molar-refractivity contribution is -0.135. The quantitative estimate of drug-likeness (QED) is 0.157. The van der Waals surface area contributed by atoms with Gasteiger partial charge < -0.3 is 4.74 Å². The van der Waals surface area contributed by atoms with E-state index in [0.29, 0.717) is 11.3 Å². The molecular formula is C29H21NO2. The summed E-state index contributed by atoms with van der Waals surface area (Å²) in [6, 6.07) is 38.2. The van der Waals surface area contributed by atoms with E-state index in [4.69, 9.17) is 4.74 Å². The fourth-order valence-electron chi connectivity index (χ4n) is 3.53. The molecule has 0 radical (unpaired) electrons. The number of carbonyl (C=O) groups excluding carboxylic acids is 1. The summed E-state index contributed by atoms with van der Waals surface area (Å²) in [4.78, 5) is 13.1. The average Bonchev–Trinajstić information content (AvgIpc) is 2.85. The van der Waals surface area contributed by atoms with Crippen molar-refractivity contribution in [3.05, 3.63) is 138 Å². The van der Waals surface area contributed by atoms with Crippen molar-refractivity contribution in [2.45, 2.75) is 5.92 Å². The smallest absolute Gasteiger partial charge is 0.323 e. The number of allylic oxidation sites excluding steroid dienone is 1. The van der Waals surface area contributed by atoms with E-state index in [2.05, 4.69) is 6.07 Å². The molecule has 0 spiro atoms. The van der Waals surface area contributed by atoms with Crippen LogP contribution < -0.4 is 4.74 Å². The minimum absolute atomic E-state index is 0.340. The molecule has 4 aromatic rings. The lowest BCUT2D eigenvalue weighted by Crippen LogP contribution is -2.20. The van der Waals surface area contributed by atoms with Crippen LogP contribution in [0.25, 0.3) is 11.6 Å². The molecule has 0 amide bonds. The number of ether oxygens (including phenoxy) is 1. The Hall–Kier alpha value is -4.42. The van der Waals surface area contributed by atoms with Gasteiger partial charge in [-0.1, -0.05) is 103 Å². The van der Waals surface area contributed by atoms with Crippen molar-refractivity contribution >= 4 is 17.6 Å². The van der Waals surface area contributed by atoms with E-state index >= 15 is 0 Å². The molecule has 0 saturated carbocycles. The first-order chi connectivity index (χ1) is 15.7. The molecular weight excluding hydrogens is 394 g/mol. The number of nitriles is 1. The summed E-state index contributed by atoms with van der Waals surface area (Å²) in [5.41, 5.74) is 4.05. The monoisotopic (exact) mass is 415 g/mol. The van der Waals surface area contributed by atoms with Gasteiger partial charge in [0.15, 0.2) is 0 Å². The summed E-state index contributed by atoms with van der Waals surface area (Å²) >= 11 is 0. The summed E-state index contributed by atoms with van der Waals surface area (Å²) in [5.74, 6) is -0.393. The molecule has 0 bridgehead atoms. The van der Waals surface area contributed by atoms with Gasteiger partial charge in [0.25, 0.3) is 0 Å². The number of hydrogen-bond acceptors (Lipinski definition) is 3. The van der Waals surface area contributed by atoms with Crippen LogP contribution in [0.3, 0.4) is 0 Å². The van der Waals surface area contributed by atoms with Crippen LogP contribution >= 0.6 is 0 Å². The van der Waals surface area contributed by atoms with Crippen LogP contribution in [0.5, 0.6) is 5.75 Å². The number of nitrogens with zero attached hydrogens (tertiary/aromatic N) is 1. The zero-order valence-corrected chi connectivity index (χ0v) is 17.4. The zero-order valence-electron chi connectivity index (χ0n) is 17.4. The fraction of sp³-hybridized carbons (Fsp3) is 0.0345. The van der Waals surface area contributed by atoms with Crippen molar-refractivity contribution in [1.29, 1.82) is 5.26 Å². The molecule has 0 heterocycles. The Kier molecular flexibility index (Phi) is 6.55. The summed E-state index contributed by atoms with van der Waals surface area (Å²) < 4.78 is 5.73. The van der Waals surface area contributed by atoms with E-state index in [-0.39, 0.29) is 5.97 Å². The van der Waals surface area contributed by atoms with Gasteiger partial charge in [0.2, 0.25) is 0 Å². The minimum Gasteiger partial charge on any atom is -0.426 e. The second-order valence-electron chi connectivity index (χ2n) is 7.28. The molecule has 0 atom stereocenters. The van der Waals surface area contributed by atoms with Gasteiger partial charge in [-0.2, -0.15) is 5.26 Å². The van der Waals surface area contributed by atoms with Gasteiger partial charge >= 0.3 is 5.97 Å².